The van der Waals surface area contributed by atoms with E-state index >= 15 is 0 Å². The molecule has 0 radical (unpaired) electrons. The third-order valence-corrected chi connectivity index (χ3v) is 5.52. The van der Waals surface area contributed by atoms with Crippen LogP contribution >= 0.6 is 0 Å². The van der Waals surface area contributed by atoms with Gasteiger partial charge in [0.25, 0.3) is 0 Å². The van der Waals surface area contributed by atoms with Crippen LogP contribution in [0.4, 0.5) is 11.4 Å². The van der Waals surface area contributed by atoms with Gasteiger partial charge in [0.2, 0.25) is 11.8 Å². The SMILES string of the molecule is O=C(Nc1ccc(N2CCCCC2)cc1)C1CC(=O)N(Cc2ccccn2)C1. The van der Waals surface area contributed by atoms with Gasteiger partial charge in [-0.05, 0) is 55.7 Å². The Kier molecular flexibility index (Phi) is 5.55. The first-order valence-corrected chi connectivity index (χ1v) is 10.0. The largest absolute Gasteiger partial charge is 0.372 e. The molecule has 1 aromatic heterocycles. The highest BCUT2D eigenvalue weighted by Gasteiger charge is 2.34. The topological polar surface area (TPSA) is 65.5 Å². The standard InChI is InChI=1S/C22H26N4O2/c27-21-14-17(15-26(21)16-19-6-2-3-11-23-19)22(28)24-18-7-9-20(10-8-18)25-12-4-1-5-13-25/h2-3,6-11,17H,1,4-5,12-16H2,(H,24,28). The molecule has 146 valence electrons. The molecule has 2 aromatic rings. The highest BCUT2D eigenvalue weighted by Crippen LogP contribution is 2.24. The number of hydrogen-bond donors (Lipinski definition) is 1. The summed E-state index contributed by atoms with van der Waals surface area (Å²) in [7, 11) is 0. The van der Waals surface area contributed by atoms with E-state index < -0.39 is 0 Å². The van der Waals surface area contributed by atoms with Crippen LogP contribution in [0, 0.1) is 5.92 Å². The average Bonchev–Trinajstić information content (AvgIpc) is 3.10. The smallest absolute Gasteiger partial charge is 0.229 e. The third kappa shape index (κ3) is 4.32. The van der Waals surface area contributed by atoms with Crippen LogP contribution in [0.25, 0.3) is 0 Å². The molecule has 0 saturated carbocycles. The number of nitrogens with zero attached hydrogens (tertiary/aromatic N) is 3. The van der Waals surface area contributed by atoms with Crippen molar-refractivity contribution in [3.05, 3.63) is 54.4 Å². The molecule has 1 atom stereocenters. The van der Waals surface area contributed by atoms with Crippen molar-refractivity contribution in [2.45, 2.75) is 32.2 Å². The second-order valence-corrected chi connectivity index (χ2v) is 7.58. The van der Waals surface area contributed by atoms with Gasteiger partial charge in [0.15, 0.2) is 0 Å². The lowest BCUT2D eigenvalue weighted by Crippen LogP contribution is -2.29. The van der Waals surface area contributed by atoms with Gasteiger partial charge in [0, 0.05) is 43.6 Å². The molecule has 1 N–H and O–H groups in total. The Morgan fingerprint density at radius 1 is 1.07 bits per heavy atom. The Hall–Kier alpha value is -2.89. The quantitative estimate of drug-likeness (QED) is 0.868. The minimum absolute atomic E-state index is 0.00579. The van der Waals surface area contributed by atoms with E-state index in [1.807, 2.05) is 30.3 Å². The van der Waals surface area contributed by atoms with Crippen molar-refractivity contribution in [1.82, 2.24) is 9.88 Å². The van der Waals surface area contributed by atoms with Crippen molar-refractivity contribution in [2.24, 2.45) is 5.92 Å². The molecule has 1 unspecified atom stereocenters. The molecule has 2 amide bonds. The van der Waals surface area contributed by atoms with E-state index in [-0.39, 0.29) is 24.2 Å². The number of rotatable bonds is 5. The van der Waals surface area contributed by atoms with Gasteiger partial charge in [-0.3, -0.25) is 14.6 Å². The number of piperidine rings is 1. The monoisotopic (exact) mass is 378 g/mol. The number of nitrogens with one attached hydrogen (secondary N) is 1. The van der Waals surface area contributed by atoms with E-state index in [9.17, 15) is 9.59 Å². The number of hydrogen-bond acceptors (Lipinski definition) is 4. The number of pyridine rings is 1. The highest BCUT2D eigenvalue weighted by atomic mass is 16.2. The predicted octanol–water partition coefficient (Wildman–Crippen LogP) is 3.06. The van der Waals surface area contributed by atoms with E-state index in [0.717, 1.165) is 24.5 Å². The second kappa shape index (κ2) is 8.42. The molecular weight excluding hydrogens is 352 g/mol. The van der Waals surface area contributed by atoms with E-state index in [0.29, 0.717) is 13.1 Å². The third-order valence-electron chi connectivity index (χ3n) is 5.52. The summed E-state index contributed by atoms with van der Waals surface area (Å²) in [5, 5.41) is 2.97. The Morgan fingerprint density at radius 2 is 1.86 bits per heavy atom. The van der Waals surface area contributed by atoms with Gasteiger partial charge in [-0.25, -0.2) is 0 Å². The first-order chi connectivity index (χ1) is 13.7. The minimum atomic E-state index is -0.321. The van der Waals surface area contributed by atoms with Crippen LogP contribution in [0.15, 0.2) is 48.7 Å². The number of amides is 2. The van der Waals surface area contributed by atoms with Crippen LogP contribution < -0.4 is 10.2 Å². The Balaban J connectivity index is 1.33. The Morgan fingerprint density at radius 3 is 2.57 bits per heavy atom. The number of likely N-dealkylation sites (tertiary alicyclic amines) is 1. The molecule has 2 aliphatic rings. The lowest BCUT2D eigenvalue weighted by atomic mass is 10.1. The first-order valence-electron chi connectivity index (χ1n) is 10.0. The zero-order valence-electron chi connectivity index (χ0n) is 16.0. The van der Waals surface area contributed by atoms with E-state index in [1.165, 1.54) is 24.9 Å². The zero-order valence-corrected chi connectivity index (χ0v) is 16.0. The summed E-state index contributed by atoms with van der Waals surface area (Å²) in [6.07, 6.45) is 5.76. The molecule has 2 aliphatic heterocycles. The van der Waals surface area contributed by atoms with Crippen LogP contribution in [-0.4, -0.2) is 41.3 Å². The van der Waals surface area contributed by atoms with Crippen LogP contribution in [0.3, 0.4) is 0 Å². The number of anilines is 2. The van der Waals surface area contributed by atoms with Gasteiger partial charge < -0.3 is 15.1 Å². The number of carbonyl (C=O) groups is 2. The lowest BCUT2D eigenvalue weighted by Gasteiger charge is -2.28. The minimum Gasteiger partial charge on any atom is -0.372 e. The molecule has 0 aliphatic carbocycles. The summed E-state index contributed by atoms with van der Waals surface area (Å²) in [6.45, 7) is 3.09. The molecule has 3 heterocycles. The molecule has 4 rings (SSSR count). The lowest BCUT2D eigenvalue weighted by molar-refractivity contribution is -0.128. The molecule has 28 heavy (non-hydrogen) atoms. The molecule has 2 fully saturated rings. The Bertz CT molecular complexity index is 816. The van der Waals surface area contributed by atoms with Gasteiger partial charge in [-0.1, -0.05) is 6.07 Å². The van der Waals surface area contributed by atoms with Gasteiger partial charge in [0.05, 0.1) is 18.2 Å². The molecule has 2 saturated heterocycles. The maximum absolute atomic E-state index is 12.6. The van der Waals surface area contributed by atoms with E-state index in [2.05, 4.69) is 27.3 Å². The second-order valence-electron chi connectivity index (χ2n) is 7.58. The van der Waals surface area contributed by atoms with Crippen LogP contribution in [0.1, 0.15) is 31.4 Å². The number of carbonyl (C=O) groups excluding carboxylic acids is 2. The maximum atomic E-state index is 12.6. The molecule has 0 bridgehead atoms. The summed E-state index contributed by atoms with van der Waals surface area (Å²) in [6, 6.07) is 13.7. The van der Waals surface area contributed by atoms with Crippen molar-refractivity contribution in [1.29, 1.82) is 0 Å². The summed E-state index contributed by atoms with van der Waals surface area (Å²) < 4.78 is 0. The summed E-state index contributed by atoms with van der Waals surface area (Å²) in [5.41, 5.74) is 2.82. The number of aromatic nitrogens is 1. The molecular formula is C22H26N4O2. The molecule has 6 heteroatoms. The van der Waals surface area contributed by atoms with Crippen LogP contribution in [-0.2, 0) is 16.1 Å². The van der Waals surface area contributed by atoms with Crippen molar-refractivity contribution >= 4 is 23.2 Å². The van der Waals surface area contributed by atoms with Gasteiger partial charge in [-0.2, -0.15) is 0 Å². The van der Waals surface area contributed by atoms with Crippen LogP contribution in [0.2, 0.25) is 0 Å². The van der Waals surface area contributed by atoms with Gasteiger partial charge in [-0.15, -0.1) is 0 Å². The van der Waals surface area contributed by atoms with Crippen molar-refractivity contribution in [2.75, 3.05) is 29.9 Å². The normalized spacial score (nSPS) is 19.7. The fourth-order valence-electron chi connectivity index (χ4n) is 3.94. The fraction of sp³-hybridized carbons (Fsp3) is 0.409. The molecule has 1 aromatic carbocycles. The summed E-state index contributed by atoms with van der Waals surface area (Å²) in [5.74, 6) is -0.410. The average molecular weight is 378 g/mol. The van der Waals surface area contributed by atoms with Crippen LogP contribution in [0.5, 0.6) is 0 Å². The predicted molar refractivity (Wildman–Crippen MR) is 109 cm³/mol. The molecule has 0 spiro atoms. The van der Waals surface area contributed by atoms with E-state index in [1.54, 1.807) is 11.1 Å². The van der Waals surface area contributed by atoms with E-state index in [4.69, 9.17) is 0 Å². The summed E-state index contributed by atoms with van der Waals surface area (Å²) in [4.78, 5) is 33.3. The first kappa shape index (κ1) is 18.5. The van der Waals surface area contributed by atoms with Crippen molar-refractivity contribution in [3.8, 4) is 0 Å². The highest BCUT2D eigenvalue weighted by molar-refractivity contribution is 5.97. The summed E-state index contributed by atoms with van der Waals surface area (Å²) >= 11 is 0. The van der Waals surface area contributed by atoms with Crippen molar-refractivity contribution < 1.29 is 9.59 Å². The zero-order chi connectivity index (χ0) is 19.3. The molecule has 6 nitrogen and oxygen atoms in total. The van der Waals surface area contributed by atoms with Gasteiger partial charge >= 0.3 is 0 Å². The fourth-order valence-corrected chi connectivity index (χ4v) is 3.94. The maximum Gasteiger partial charge on any atom is 0.229 e. The number of benzene rings is 1. The van der Waals surface area contributed by atoms with Gasteiger partial charge in [0.1, 0.15) is 0 Å². The van der Waals surface area contributed by atoms with Crippen molar-refractivity contribution in [3.63, 3.8) is 0 Å². The Labute approximate surface area is 165 Å².